The number of carbonyl (C=O) groups is 1. The summed E-state index contributed by atoms with van der Waals surface area (Å²) in [4.78, 5) is 15.9. The summed E-state index contributed by atoms with van der Waals surface area (Å²) in [5, 5.41) is 3.76. The van der Waals surface area contributed by atoms with Gasteiger partial charge in [-0.05, 0) is 35.9 Å². The molecule has 2 aromatic rings. The monoisotopic (exact) mass is 388 g/mol. The van der Waals surface area contributed by atoms with Crippen molar-refractivity contribution < 1.29 is 19.2 Å². The van der Waals surface area contributed by atoms with Gasteiger partial charge in [0, 0.05) is 17.3 Å². The van der Waals surface area contributed by atoms with Crippen molar-refractivity contribution in [1.29, 1.82) is 0 Å². The number of rotatable bonds is 5. The normalized spacial score (nSPS) is 16.4. The number of ether oxygens (including phenoxy) is 2. The molecule has 0 radical (unpaired) electrons. The summed E-state index contributed by atoms with van der Waals surface area (Å²) in [5.41, 5.74) is 2.15. The third-order valence-electron chi connectivity index (χ3n) is 4.98. The number of quaternary nitrogens is 1. The summed E-state index contributed by atoms with van der Waals surface area (Å²) >= 11 is 6.08. The number of nitrogens with one attached hydrogen (secondary N) is 2. The van der Waals surface area contributed by atoms with Crippen LogP contribution in [0.1, 0.15) is 5.56 Å². The van der Waals surface area contributed by atoms with Gasteiger partial charge in [-0.15, -0.1) is 0 Å². The van der Waals surface area contributed by atoms with Crippen LogP contribution in [0.4, 0.5) is 5.69 Å². The Hall–Kier alpha value is -2.44. The highest BCUT2D eigenvalue weighted by atomic mass is 35.5. The van der Waals surface area contributed by atoms with Gasteiger partial charge >= 0.3 is 0 Å². The fourth-order valence-electron chi connectivity index (χ4n) is 3.47. The molecule has 4 rings (SSSR count). The van der Waals surface area contributed by atoms with Gasteiger partial charge in [0.2, 0.25) is 6.79 Å². The topological polar surface area (TPSA) is 55.2 Å². The summed E-state index contributed by atoms with van der Waals surface area (Å²) in [6.07, 6.45) is 0. The van der Waals surface area contributed by atoms with Gasteiger partial charge in [0.05, 0.1) is 26.2 Å². The molecule has 0 bridgehead atoms. The predicted molar refractivity (Wildman–Crippen MR) is 104 cm³/mol. The van der Waals surface area contributed by atoms with Gasteiger partial charge in [-0.25, -0.2) is 0 Å². The quantitative estimate of drug-likeness (QED) is 0.805. The fraction of sp³-hybridized carbons (Fsp3) is 0.350. The van der Waals surface area contributed by atoms with Crippen molar-refractivity contribution in [3.8, 4) is 11.5 Å². The molecule has 142 valence electrons. The molecule has 2 aliphatic rings. The SMILES string of the molecule is O=C(C[NH+]1CCN(c2cccc(Cl)c2)CC1)NCc1ccc2c(c1)OCO2. The van der Waals surface area contributed by atoms with E-state index in [4.69, 9.17) is 21.1 Å². The fourth-order valence-corrected chi connectivity index (χ4v) is 3.66. The first-order valence-corrected chi connectivity index (χ1v) is 9.54. The minimum absolute atomic E-state index is 0.0684. The number of amides is 1. The van der Waals surface area contributed by atoms with Crippen LogP contribution in [0.2, 0.25) is 5.02 Å². The lowest BCUT2D eigenvalue weighted by atomic mass is 10.2. The Morgan fingerprint density at radius 3 is 2.74 bits per heavy atom. The highest BCUT2D eigenvalue weighted by molar-refractivity contribution is 6.30. The van der Waals surface area contributed by atoms with Crippen molar-refractivity contribution >= 4 is 23.2 Å². The lowest BCUT2D eigenvalue weighted by Crippen LogP contribution is -3.15. The third kappa shape index (κ3) is 4.46. The van der Waals surface area contributed by atoms with Crippen LogP contribution in [-0.2, 0) is 11.3 Å². The van der Waals surface area contributed by atoms with Crippen molar-refractivity contribution in [3.63, 3.8) is 0 Å². The summed E-state index contributed by atoms with van der Waals surface area (Å²) < 4.78 is 10.7. The van der Waals surface area contributed by atoms with Gasteiger partial charge in [-0.1, -0.05) is 23.7 Å². The molecule has 0 aliphatic carbocycles. The summed E-state index contributed by atoms with van der Waals surface area (Å²) in [6, 6.07) is 13.7. The molecular formula is C20H23ClN3O3+. The maximum Gasteiger partial charge on any atom is 0.275 e. The Balaban J connectivity index is 1.22. The third-order valence-corrected chi connectivity index (χ3v) is 5.22. The number of carbonyl (C=O) groups excluding carboxylic acids is 1. The molecule has 0 aromatic heterocycles. The number of anilines is 1. The van der Waals surface area contributed by atoms with Gasteiger partial charge < -0.3 is 24.6 Å². The predicted octanol–water partition coefficient (Wildman–Crippen LogP) is 1.09. The second kappa shape index (κ2) is 8.06. The first-order valence-electron chi connectivity index (χ1n) is 9.17. The van der Waals surface area contributed by atoms with Crippen LogP contribution in [-0.4, -0.2) is 45.4 Å². The zero-order chi connectivity index (χ0) is 18.6. The molecule has 27 heavy (non-hydrogen) atoms. The van der Waals surface area contributed by atoms with Crippen molar-refractivity contribution in [2.45, 2.75) is 6.54 Å². The van der Waals surface area contributed by atoms with Crippen molar-refractivity contribution in [3.05, 3.63) is 53.1 Å². The Morgan fingerprint density at radius 2 is 1.93 bits per heavy atom. The standard InChI is InChI=1S/C20H22ClN3O3/c21-16-2-1-3-17(11-16)24-8-6-23(7-9-24)13-20(25)22-12-15-4-5-18-19(10-15)27-14-26-18/h1-5,10-11H,6-9,12-14H2,(H,22,25)/p+1. The molecule has 6 nitrogen and oxygen atoms in total. The molecule has 0 spiro atoms. The second-order valence-corrected chi connectivity index (χ2v) is 7.29. The Morgan fingerprint density at radius 1 is 1.11 bits per heavy atom. The molecule has 2 heterocycles. The largest absolute Gasteiger partial charge is 0.454 e. The van der Waals surface area contributed by atoms with E-state index in [1.54, 1.807) is 0 Å². The second-order valence-electron chi connectivity index (χ2n) is 6.86. The van der Waals surface area contributed by atoms with E-state index < -0.39 is 0 Å². The van der Waals surface area contributed by atoms with E-state index in [9.17, 15) is 4.79 Å². The summed E-state index contributed by atoms with van der Waals surface area (Å²) in [7, 11) is 0. The molecular weight excluding hydrogens is 366 g/mol. The average Bonchev–Trinajstić information content (AvgIpc) is 3.15. The van der Waals surface area contributed by atoms with Gasteiger partial charge in [0.25, 0.3) is 5.91 Å². The minimum atomic E-state index is 0.0684. The van der Waals surface area contributed by atoms with Crippen LogP contribution in [0.25, 0.3) is 0 Å². The number of nitrogens with zero attached hydrogens (tertiary/aromatic N) is 1. The molecule has 7 heteroatoms. The van der Waals surface area contributed by atoms with E-state index in [0.29, 0.717) is 13.1 Å². The Bertz CT molecular complexity index is 822. The van der Waals surface area contributed by atoms with Gasteiger partial charge in [0.1, 0.15) is 0 Å². The van der Waals surface area contributed by atoms with Crippen LogP contribution >= 0.6 is 11.6 Å². The number of halogens is 1. The van der Waals surface area contributed by atoms with Crippen LogP contribution < -0.4 is 24.6 Å². The molecule has 2 aromatic carbocycles. The number of fused-ring (bicyclic) bond motifs is 1. The van der Waals surface area contributed by atoms with Gasteiger partial charge in [-0.2, -0.15) is 0 Å². The lowest BCUT2D eigenvalue weighted by molar-refractivity contribution is -0.892. The molecule has 1 fully saturated rings. The molecule has 1 amide bonds. The zero-order valence-corrected chi connectivity index (χ0v) is 15.8. The van der Waals surface area contributed by atoms with E-state index in [1.807, 2.05) is 36.4 Å². The molecule has 0 saturated carbocycles. The molecule has 0 unspecified atom stereocenters. The van der Waals surface area contributed by atoms with E-state index in [1.165, 1.54) is 4.90 Å². The lowest BCUT2D eigenvalue weighted by Gasteiger charge is -2.33. The van der Waals surface area contributed by atoms with E-state index in [0.717, 1.165) is 54.0 Å². The maximum absolute atomic E-state index is 12.3. The van der Waals surface area contributed by atoms with E-state index in [-0.39, 0.29) is 12.7 Å². The molecule has 1 saturated heterocycles. The van der Waals surface area contributed by atoms with Crippen LogP contribution in [0, 0.1) is 0 Å². The first-order chi connectivity index (χ1) is 13.2. The van der Waals surface area contributed by atoms with Crippen molar-refractivity contribution in [2.24, 2.45) is 0 Å². The zero-order valence-electron chi connectivity index (χ0n) is 15.0. The molecule has 0 atom stereocenters. The maximum atomic E-state index is 12.3. The van der Waals surface area contributed by atoms with Crippen molar-refractivity contribution in [2.75, 3.05) is 44.4 Å². The Labute approximate surface area is 163 Å². The first kappa shape index (κ1) is 17.9. The Kier molecular flexibility index (Phi) is 5.36. The highest BCUT2D eigenvalue weighted by Crippen LogP contribution is 2.32. The van der Waals surface area contributed by atoms with Crippen molar-refractivity contribution in [1.82, 2.24) is 5.32 Å². The minimum Gasteiger partial charge on any atom is -0.454 e. The summed E-state index contributed by atoms with van der Waals surface area (Å²) in [6.45, 7) is 4.96. The van der Waals surface area contributed by atoms with Crippen LogP contribution in [0.3, 0.4) is 0 Å². The summed E-state index contributed by atoms with van der Waals surface area (Å²) in [5.74, 6) is 1.57. The number of benzene rings is 2. The smallest absolute Gasteiger partial charge is 0.275 e. The van der Waals surface area contributed by atoms with E-state index >= 15 is 0 Å². The van der Waals surface area contributed by atoms with Gasteiger partial charge in [0.15, 0.2) is 18.0 Å². The molecule has 2 N–H and O–H groups in total. The number of hydrogen-bond donors (Lipinski definition) is 2. The van der Waals surface area contributed by atoms with Gasteiger partial charge in [-0.3, -0.25) is 4.79 Å². The average molecular weight is 389 g/mol. The number of hydrogen-bond acceptors (Lipinski definition) is 4. The highest BCUT2D eigenvalue weighted by Gasteiger charge is 2.22. The number of piperazine rings is 1. The van der Waals surface area contributed by atoms with Crippen LogP contribution in [0.15, 0.2) is 42.5 Å². The molecule has 2 aliphatic heterocycles. The van der Waals surface area contributed by atoms with Crippen LogP contribution in [0.5, 0.6) is 11.5 Å². The van der Waals surface area contributed by atoms with E-state index in [2.05, 4.69) is 16.3 Å².